The topological polar surface area (TPSA) is 29.3 Å². The van der Waals surface area contributed by atoms with Crippen LogP contribution in [-0.2, 0) is 6.42 Å². The molecule has 0 fully saturated rings. The second-order valence-electron chi connectivity index (χ2n) is 5.81. The highest BCUT2D eigenvalue weighted by molar-refractivity contribution is 5.78. The number of likely N-dealkylation sites (N-methyl/N-ethyl adjacent to an activating group) is 1. The Morgan fingerprint density at radius 2 is 2.00 bits per heavy atom. The van der Waals surface area contributed by atoms with E-state index in [0.717, 1.165) is 30.6 Å². The van der Waals surface area contributed by atoms with Gasteiger partial charge >= 0.3 is 0 Å². The summed E-state index contributed by atoms with van der Waals surface area (Å²) >= 11 is 0. The standard InChI is InChI=1S/C18H18N2O/c1-20-10-9-15-14(7-8-17-18(15)19-12-21-17)16(11-20)13-5-3-2-4-6-13/h2-8,12,16H,9-11H2,1H3. The van der Waals surface area contributed by atoms with E-state index in [1.807, 2.05) is 0 Å². The Balaban J connectivity index is 1.92. The molecule has 0 spiro atoms. The summed E-state index contributed by atoms with van der Waals surface area (Å²) in [5.41, 5.74) is 6.04. The Morgan fingerprint density at radius 1 is 1.14 bits per heavy atom. The lowest BCUT2D eigenvalue weighted by molar-refractivity contribution is 0.338. The molecule has 106 valence electrons. The van der Waals surface area contributed by atoms with Crippen LogP contribution in [0.5, 0.6) is 0 Å². The zero-order valence-corrected chi connectivity index (χ0v) is 12.1. The summed E-state index contributed by atoms with van der Waals surface area (Å²) in [7, 11) is 2.20. The van der Waals surface area contributed by atoms with Gasteiger partial charge in [0.2, 0.25) is 0 Å². The predicted molar refractivity (Wildman–Crippen MR) is 83.5 cm³/mol. The zero-order chi connectivity index (χ0) is 14.2. The van der Waals surface area contributed by atoms with E-state index in [1.54, 1.807) is 6.39 Å². The molecule has 1 aromatic heterocycles. The van der Waals surface area contributed by atoms with Gasteiger partial charge in [0, 0.05) is 19.0 Å². The average Bonchev–Trinajstić information content (AvgIpc) is 2.93. The minimum atomic E-state index is 0.398. The van der Waals surface area contributed by atoms with Crippen molar-refractivity contribution in [2.45, 2.75) is 12.3 Å². The first-order valence-electron chi connectivity index (χ1n) is 7.41. The Morgan fingerprint density at radius 3 is 2.86 bits per heavy atom. The maximum atomic E-state index is 5.47. The van der Waals surface area contributed by atoms with E-state index in [0.29, 0.717) is 5.92 Å². The number of aromatic nitrogens is 1. The molecule has 0 bridgehead atoms. The van der Waals surface area contributed by atoms with E-state index >= 15 is 0 Å². The van der Waals surface area contributed by atoms with Gasteiger partial charge in [-0.05, 0) is 36.2 Å². The number of oxazole rings is 1. The van der Waals surface area contributed by atoms with Crippen LogP contribution >= 0.6 is 0 Å². The SMILES string of the molecule is CN1CCc2c(ccc3ocnc23)C(c2ccccc2)C1. The molecule has 0 saturated carbocycles. The zero-order valence-electron chi connectivity index (χ0n) is 12.1. The summed E-state index contributed by atoms with van der Waals surface area (Å²) in [6.45, 7) is 2.10. The van der Waals surface area contributed by atoms with E-state index in [2.05, 4.69) is 59.4 Å². The molecule has 0 amide bonds. The van der Waals surface area contributed by atoms with Gasteiger partial charge in [-0.25, -0.2) is 4.98 Å². The lowest BCUT2D eigenvalue weighted by Gasteiger charge is -2.21. The molecule has 0 saturated heterocycles. The van der Waals surface area contributed by atoms with Crippen molar-refractivity contribution in [3.8, 4) is 0 Å². The van der Waals surface area contributed by atoms with Gasteiger partial charge < -0.3 is 9.32 Å². The molecular formula is C18H18N2O. The van der Waals surface area contributed by atoms with Gasteiger partial charge in [-0.15, -0.1) is 0 Å². The van der Waals surface area contributed by atoms with Crippen molar-refractivity contribution in [3.63, 3.8) is 0 Å². The van der Waals surface area contributed by atoms with Gasteiger partial charge in [0.25, 0.3) is 0 Å². The van der Waals surface area contributed by atoms with Crippen LogP contribution in [0.3, 0.4) is 0 Å². The minimum Gasteiger partial charge on any atom is -0.443 e. The van der Waals surface area contributed by atoms with Crippen molar-refractivity contribution in [1.29, 1.82) is 0 Å². The number of hydrogen-bond donors (Lipinski definition) is 0. The lowest BCUT2D eigenvalue weighted by Crippen LogP contribution is -2.24. The molecule has 3 nitrogen and oxygen atoms in total. The molecule has 3 heteroatoms. The number of rotatable bonds is 1. The summed E-state index contributed by atoms with van der Waals surface area (Å²) in [6, 6.07) is 15.0. The Hall–Kier alpha value is -2.13. The predicted octanol–water partition coefficient (Wildman–Crippen LogP) is 3.45. The molecule has 2 aromatic carbocycles. The molecule has 0 radical (unpaired) electrons. The molecule has 0 N–H and O–H groups in total. The van der Waals surface area contributed by atoms with Crippen molar-refractivity contribution >= 4 is 11.1 Å². The Labute approximate surface area is 124 Å². The second kappa shape index (κ2) is 5.01. The van der Waals surface area contributed by atoms with Crippen molar-refractivity contribution in [1.82, 2.24) is 9.88 Å². The van der Waals surface area contributed by atoms with Crippen LogP contribution in [-0.4, -0.2) is 30.0 Å². The van der Waals surface area contributed by atoms with E-state index in [9.17, 15) is 0 Å². The van der Waals surface area contributed by atoms with E-state index in [1.165, 1.54) is 16.7 Å². The van der Waals surface area contributed by atoms with Crippen LogP contribution in [0, 0.1) is 0 Å². The van der Waals surface area contributed by atoms with Gasteiger partial charge in [-0.3, -0.25) is 0 Å². The van der Waals surface area contributed by atoms with Crippen LogP contribution in [0.15, 0.2) is 53.3 Å². The highest BCUT2D eigenvalue weighted by atomic mass is 16.3. The molecule has 1 atom stereocenters. The van der Waals surface area contributed by atoms with Crippen molar-refractivity contribution in [2.75, 3.05) is 20.1 Å². The summed E-state index contributed by atoms with van der Waals surface area (Å²) in [5.74, 6) is 0.398. The quantitative estimate of drug-likeness (QED) is 0.683. The third kappa shape index (κ3) is 2.14. The average molecular weight is 278 g/mol. The third-order valence-corrected chi connectivity index (χ3v) is 4.46. The summed E-state index contributed by atoms with van der Waals surface area (Å²) in [4.78, 5) is 6.85. The summed E-state index contributed by atoms with van der Waals surface area (Å²) in [6.07, 6.45) is 2.58. The maximum Gasteiger partial charge on any atom is 0.181 e. The molecule has 3 aromatic rings. The van der Waals surface area contributed by atoms with E-state index in [-0.39, 0.29) is 0 Å². The first-order valence-corrected chi connectivity index (χ1v) is 7.41. The molecule has 0 aliphatic carbocycles. The molecular weight excluding hydrogens is 260 g/mol. The van der Waals surface area contributed by atoms with Crippen LogP contribution in [0.1, 0.15) is 22.6 Å². The van der Waals surface area contributed by atoms with E-state index in [4.69, 9.17) is 4.42 Å². The Kier molecular flexibility index (Phi) is 3.00. The monoisotopic (exact) mass is 278 g/mol. The van der Waals surface area contributed by atoms with Crippen LogP contribution in [0.25, 0.3) is 11.1 Å². The highest BCUT2D eigenvalue weighted by Gasteiger charge is 2.25. The van der Waals surface area contributed by atoms with Gasteiger partial charge in [0.15, 0.2) is 12.0 Å². The van der Waals surface area contributed by atoms with E-state index < -0.39 is 0 Å². The van der Waals surface area contributed by atoms with Crippen molar-refractivity contribution in [3.05, 3.63) is 65.5 Å². The minimum absolute atomic E-state index is 0.398. The summed E-state index contributed by atoms with van der Waals surface area (Å²) in [5, 5.41) is 0. The number of fused-ring (bicyclic) bond motifs is 3. The van der Waals surface area contributed by atoms with Crippen LogP contribution in [0.4, 0.5) is 0 Å². The molecule has 1 aliphatic heterocycles. The van der Waals surface area contributed by atoms with Crippen molar-refractivity contribution < 1.29 is 4.42 Å². The van der Waals surface area contributed by atoms with Gasteiger partial charge in [0.05, 0.1) is 0 Å². The molecule has 4 rings (SSSR count). The molecule has 2 heterocycles. The first-order chi connectivity index (χ1) is 10.3. The third-order valence-electron chi connectivity index (χ3n) is 4.46. The second-order valence-corrected chi connectivity index (χ2v) is 5.81. The largest absolute Gasteiger partial charge is 0.443 e. The fraction of sp³-hybridized carbons (Fsp3) is 0.278. The van der Waals surface area contributed by atoms with Crippen LogP contribution in [0.2, 0.25) is 0 Å². The smallest absolute Gasteiger partial charge is 0.181 e. The summed E-state index contributed by atoms with van der Waals surface area (Å²) < 4.78 is 5.47. The van der Waals surface area contributed by atoms with Gasteiger partial charge in [-0.1, -0.05) is 36.4 Å². The first kappa shape index (κ1) is 12.6. The van der Waals surface area contributed by atoms with Crippen LogP contribution < -0.4 is 0 Å². The number of nitrogens with zero attached hydrogens (tertiary/aromatic N) is 2. The van der Waals surface area contributed by atoms with Gasteiger partial charge in [-0.2, -0.15) is 0 Å². The van der Waals surface area contributed by atoms with Crippen molar-refractivity contribution in [2.24, 2.45) is 0 Å². The normalized spacial score (nSPS) is 19.4. The number of hydrogen-bond acceptors (Lipinski definition) is 3. The number of benzene rings is 2. The van der Waals surface area contributed by atoms with Gasteiger partial charge in [0.1, 0.15) is 5.52 Å². The fourth-order valence-corrected chi connectivity index (χ4v) is 3.37. The molecule has 1 unspecified atom stereocenters. The highest BCUT2D eigenvalue weighted by Crippen LogP contribution is 2.34. The molecule has 21 heavy (non-hydrogen) atoms. The fourth-order valence-electron chi connectivity index (χ4n) is 3.37. The maximum absolute atomic E-state index is 5.47. The molecule has 1 aliphatic rings. The lowest BCUT2D eigenvalue weighted by atomic mass is 9.87. The Bertz CT molecular complexity index is 763.